The van der Waals surface area contributed by atoms with E-state index >= 15 is 0 Å². The smallest absolute Gasteiger partial charge is 0.407 e. The number of benzene rings is 1. The molecule has 138 valence electrons. The molecule has 1 unspecified atom stereocenters. The van der Waals surface area contributed by atoms with Crippen LogP contribution in [0.15, 0.2) is 18.2 Å². The van der Waals surface area contributed by atoms with Gasteiger partial charge in [-0.3, -0.25) is 0 Å². The van der Waals surface area contributed by atoms with E-state index in [-0.39, 0.29) is 6.04 Å². The van der Waals surface area contributed by atoms with E-state index in [9.17, 15) is 4.79 Å². The van der Waals surface area contributed by atoms with E-state index in [4.69, 9.17) is 15.2 Å². The molecule has 0 saturated carbocycles. The average molecular weight is 348 g/mol. The molecule has 0 bridgehead atoms. The summed E-state index contributed by atoms with van der Waals surface area (Å²) in [5.74, 6) is 1.59. The van der Waals surface area contributed by atoms with Crippen LogP contribution in [0.2, 0.25) is 0 Å². The van der Waals surface area contributed by atoms with Gasteiger partial charge in [-0.05, 0) is 45.7 Å². The van der Waals surface area contributed by atoms with Crippen molar-refractivity contribution in [2.24, 2.45) is 12.8 Å². The lowest BCUT2D eigenvalue weighted by Crippen LogP contribution is -2.33. The number of aryl methyl sites for hydroxylation is 1. The number of rotatable bonds is 6. The van der Waals surface area contributed by atoms with E-state index in [2.05, 4.69) is 10.3 Å². The van der Waals surface area contributed by atoms with Gasteiger partial charge in [-0.2, -0.15) is 0 Å². The predicted molar refractivity (Wildman–Crippen MR) is 97.7 cm³/mol. The molecule has 7 nitrogen and oxygen atoms in total. The van der Waals surface area contributed by atoms with Crippen molar-refractivity contribution in [3.63, 3.8) is 0 Å². The van der Waals surface area contributed by atoms with E-state index in [0.717, 1.165) is 29.0 Å². The van der Waals surface area contributed by atoms with Crippen molar-refractivity contribution in [2.75, 3.05) is 13.7 Å². The molecule has 0 fully saturated rings. The molecule has 2 rings (SSSR count). The number of hydrogen-bond donors (Lipinski definition) is 2. The van der Waals surface area contributed by atoms with Crippen LogP contribution in [-0.2, 0) is 11.8 Å². The molecule has 2 aromatic rings. The Morgan fingerprint density at radius 3 is 2.76 bits per heavy atom. The lowest BCUT2D eigenvalue weighted by atomic mass is 10.1. The largest absolute Gasteiger partial charge is 0.497 e. The molecule has 25 heavy (non-hydrogen) atoms. The summed E-state index contributed by atoms with van der Waals surface area (Å²) in [6.07, 6.45) is 1.05. The fourth-order valence-corrected chi connectivity index (χ4v) is 2.61. The quantitative estimate of drug-likeness (QED) is 0.783. The maximum Gasteiger partial charge on any atom is 0.407 e. The zero-order valence-corrected chi connectivity index (χ0v) is 15.6. The molecular formula is C18H28N4O3. The summed E-state index contributed by atoms with van der Waals surface area (Å²) in [5, 5.41) is 2.74. The summed E-state index contributed by atoms with van der Waals surface area (Å²) in [7, 11) is 3.59. The van der Waals surface area contributed by atoms with E-state index < -0.39 is 11.7 Å². The molecular weight excluding hydrogens is 320 g/mol. The zero-order chi connectivity index (χ0) is 18.6. The van der Waals surface area contributed by atoms with Gasteiger partial charge in [-0.15, -0.1) is 0 Å². The molecule has 1 heterocycles. The van der Waals surface area contributed by atoms with Crippen molar-refractivity contribution in [1.82, 2.24) is 14.9 Å². The summed E-state index contributed by atoms with van der Waals surface area (Å²) in [4.78, 5) is 16.2. The molecule has 0 spiro atoms. The number of fused-ring (bicyclic) bond motifs is 1. The number of nitrogens with one attached hydrogen (secondary N) is 1. The van der Waals surface area contributed by atoms with Gasteiger partial charge in [0.15, 0.2) is 0 Å². The maximum atomic E-state index is 11.6. The van der Waals surface area contributed by atoms with Crippen molar-refractivity contribution in [3.05, 3.63) is 24.0 Å². The fraction of sp³-hybridized carbons (Fsp3) is 0.556. The Morgan fingerprint density at radius 2 is 2.12 bits per heavy atom. The Morgan fingerprint density at radius 1 is 1.40 bits per heavy atom. The topological polar surface area (TPSA) is 91.4 Å². The molecule has 0 radical (unpaired) electrons. The monoisotopic (exact) mass is 348 g/mol. The second-order valence-electron chi connectivity index (χ2n) is 7.06. The highest BCUT2D eigenvalue weighted by atomic mass is 16.6. The van der Waals surface area contributed by atoms with Crippen LogP contribution in [0.1, 0.15) is 45.5 Å². The Balaban J connectivity index is 1.91. The number of methoxy groups -OCH3 is 1. The second-order valence-corrected chi connectivity index (χ2v) is 7.06. The number of carbonyl (C=O) groups is 1. The molecule has 0 aliphatic carbocycles. The average Bonchev–Trinajstić information content (AvgIpc) is 2.86. The first-order chi connectivity index (χ1) is 11.7. The SMILES string of the molecule is COc1ccc2c(c1)nc(C(N)CCCNC(=O)OC(C)(C)C)n2C. The number of imidazole rings is 1. The first kappa shape index (κ1) is 19.1. The second kappa shape index (κ2) is 7.74. The maximum absolute atomic E-state index is 11.6. The minimum absolute atomic E-state index is 0.205. The van der Waals surface area contributed by atoms with E-state index in [1.165, 1.54) is 0 Å². The van der Waals surface area contributed by atoms with Crippen LogP contribution in [0.25, 0.3) is 11.0 Å². The Bertz CT molecular complexity index is 734. The molecule has 1 aromatic carbocycles. The lowest BCUT2D eigenvalue weighted by molar-refractivity contribution is 0.0526. The number of nitrogens with two attached hydrogens (primary N) is 1. The normalized spacial score (nSPS) is 12.9. The number of hydrogen-bond acceptors (Lipinski definition) is 5. The first-order valence-corrected chi connectivity index (χ1v) is 8.44. The standard InChI is InChI=1S/C18H28N4O3/c1-18(2,3)25-17(23)20-10-6-7-13(19)16-21-14-11-12(24-5)8-9-15(14)22(16)4/h8-9,11,13H,6-7,10,19H2,1-5H3,(H,20,23). The predicted octanol–water partition coefficient (Wildman–Crippen LogP) is 2.89. The van der Waals surface area contributed by atoms with Crippen LogP contribution in [0.5, 0.6) is 5.75 Å². The Hall–Kier alpha value is -2.28. The molecule has 3 N–H and O–H groups in total. The van der Waals surface area contributed by atoms with Gasteiger partial charge in [0.25, 0.3) is 0 Å². The molecule has 0 aliphatic rings. The summed E-state index contributed by atoms with van der Waals surface area (Å²) in [5.41, 5.74) is 7.67. The fourth-order valence-electron chi connectivity index (χ4n) is 2.61. The van der Waals surface area contributed by atoms with Crippen LogP contribution >= 0.6 is 0 Å². The summed E-state index contributed by atoms with van der Waals surface area (Å²) in [6, 6.07) is 5.57. The third-order valence-corrected chi connectivity index (χ3v) is 3.81. The van der Waals surface area contributed by atoms with Gasteiger partial charge in [0.05, 0.1) is 24.2 Å². The number of aromatic nitrogens is 2. The van der Waals surface area contributed by atoms with Gasteiger partial charge in [0.1, 0.15) is 17.2 Å². The van der Waals surface area contributed by atoms with Crippen molar-refractivity contribution >= 4 is 17.1 Å². The minimum Gasteiger partial charge on any atom is -0.497 e. The lowest BCUT2D eigenvalue weighted by Gasteiger charge is -2.19. The van der Waals surface area contributed by atoms with Gasteiger partial charge >= 0.3 is 6.09 Å². The van der Waals surface area contributed by atoms with Crippen molar-refractivity contribution < 1.29 is 14.3 Å². The first-order valence-electron chi connectivity index (χ1n) is 8.44. The van der Waals surface area contributed by atoms with E-state index in [1.54, 1.807) is 7.11 Å². The van der Waals surface area contributed by atoms with Gasteiger partial charge < -0.3 is 25.1 Å². The van der Waals surface area contributed by atoms with Crippen LogP contribution in [0.4, 0.5) is 4.79 Å². The molecule has 1 amide bonds. The number of nitrogens with zero attached hydrogens (tertiary/aromatic N) is 2. The van der Waals surface area contributed by atoms with Crippen LogP contribution in [-0.4, -0.2) is 34.9 Å². The van der Waals surface area contributed by atoms with Gasteiger partial charge in [-0.25, -0.2) is 9.78 Å². The molecule has 1 atom stereocenters. The summed E-state index contributed by atoms with van der Waals surface area (Å²) in [6.45, 7) is 6.02. The highest BCUT2D eigenvalue weighted by Crippen LogP contribution is 2.24. The number of amides is 1. The highest BCUT2D eigenvalue weighted by molar-refractivity contribution is 5.77. The van der Waals surface area contributed by atoms with Gasteiger partial charge in [-0.1, -0.05) is 0 Å². The third-order valence-electron chi connectivity index (χ3n) is 3.81. The Kier molecular flexibility index (Phi) is 5.89. The van der Waals surface area contributed by atoms with Crippen molar-refractivity contribution in [3.8, 4) is 5.75 Å². The van der Waals surface area contributed by atoms with Crippen LogP contribution in [0, 0.1) is 0 Å². The minimum atomic E-state index is -0.491. The number of carbonyl (C=O) groups excluding carboxylic acids is 1. The van der Waals surface area contributed by atoms with Crippen molar-refractivity contribution in [1.29, 1.82) is 0 Å². The number of ether oxygens (including phenoxy) is 2. The summed E-state index contributed by atoms with van der Waals surface area (Å²) >= 11 is 0. The molecule has 0 saturated heterocycles. The summed E-state index contributed by atoms with van der Waals surface area (Å²) < 4.78 is 12.4. The third kappa shape index (κ3) is 5.09. The van der Waals surface area contributed by atoms with Crippen molar-refractivity contribution in [2.45, 2.75) is 45.3 Å². The zero-order valence-electron chi connectivity index (χ0n) is 15.6. The molecule has 0 aliphatic heterocycles. The van der Waals surface area contributed by atoms with Crippen LogP contribution < -0.4 is 15.8 Å². The van der Waals surface area contributed by atoms with E-state index in [1.807, 2.05) is 50.6 Å². The Labute approximate surface area is 148 Å². The van der Waals surface area contributed by atoms with Crippen LogP contribution in [0.3, 0.4) is 0 Å². The molecule has 1 aromatic heterocycles. The number of alkyl carbamates (subject to hydrolysis) is 1. The van der Waals surface area contributed by atoms with E-state index in [0.29, 0.717) is 13.0 Å². The highest BCUT2D eigenvalue weighted by Gasteiger charge is 2.17. The van der Waals surface area contributed by atoms with Gasteiger partial charge in [0, 0.05) is 19.7 Å². The van der Waals surface area contributed by atoms with Gasteiger partial charge in [0.2, 0.25) is 0 Å². The molecule has 7 heteroatoms.